The molecule has 0 aliphatic rings. The molecule has 1 N–H and O–H groups in total. The number of carbonyl (C=O) groups is 1. The first kappa shape index (κ1) is 10.0. The molecular weight excluding hydrogens is 264 g/mol. The molecule has 0 aliphatic carbocycles. The van der Waals surface area contributed by atoms with Gasteiger partial charge in [0.2, 0.25) is 0 Å². The van der Waals surface area contributed by atoms with Crippen molar-refractivity contribution in [1.29, 1.82) is 0 Å². The molecule has 0 aliphatic heterocycles. The highest BCUT2D eigenvalue weighted by Gasteiger charge is 2.12. The number of halogens is 1. The predicted molar refractivity (Wildman–Crippen MR) is 57.4 cm³/mol. The number of carboxylic acid groups (broad SMARTS) is 1. The molecule has 5 heteroatoms. The number of rotatable bonds is 2. The van der Waals surface area contributed by atoms with Gasteiger partial charge in [0, 0.05) is 6.07 Å². The zero-order valence-electron chi connectivity index (χ0n) is 7.78. The summed E-state index contributed by atoms with van der Waals surface area (Å²) in [5.41, 5.74) is 0.625. The minimum atomic E-state index is -1.01. The van der Waals surface area contributed by atoms with E-state index in [0.717, 1.165) is 5.39 Å². The SMILES string of the molecule is COc1cc(C(=O)O)cc2oc(Br)cc12. The Bertz CT molecular complexity index is 529. The lowest BCUT2D eigenvalue weighted by Crippen LogP contribution is -1.96. The maximum Gasteiger partial charge on any atom is 0.335 e. The van der Waals surface area contributed by atoms with Crippen LogP contribution in [-0.4, -0.2) is 18.2 Å². The number of fused-ring (bicyclic) bond motifs is 1. The van der Waals surface area contributed by atoms with Gasteiger partial charge < -0.3 is 14.3 Å². The third-order valence-electron chi connectivity index (χ3n) is 2.04. The van der Waals surface area contributed by atoms with Crippen LogP contribution in [0.25, 0.3) is 11.0 Å². The Labute approximate surface area is 93.6 Å². The number of aromatic carboxylic acids is 1. The highest BCUT2D eigenvalue weighted by Crippen LogP contribution is 2.32. The lowest BCUT2D eigenvalue weighted by atomic mass is 10.1. The van der Waals surface area contributed by atoms with Gasteiger partial charge in [0.15, 0.2) is 4.67 Å². The molecule has 0 unspecified atom stereocenters. The van der Waals surface area contributed by atoms with Crippen LogP contribution in [0.2, 0.25) is 0 Å². The molecule has 2 rings (SSSR count). The second kappa shape index (κ2) is 3.58. The van der Waals surface area contributed by atoms with Crippen LogP contribution in [-0.2, 0) is 0 Å². The zero-order chi connectivity index (χ0) is 11.0. The van der Waals surface area contributed by atoms with Gasteiger partial charge in [-0.1, -0.05) is 0 Å². The maximum atomic E-state index is 10.8. The second-order valence-electron chi connectivity index (χ2n) is 2.95. The fourth-order valence-electron chi connectivity index (χ4n) is 1.37. The Kier molecular flexibility index (Phi) is 2.40. The summed E-state index contributed by atoms with van der Waals surface area (Å²) in [4.78, 5) is 10.8. The lowest BCUT2D eigenvalue weighted by molar-refractivity contribution is 0.0696. The van der Waals surface area contributed by atoms with Gasteiger partial charge >= 0.3 is 5.97 Å². The molecule has 15 heavy (non-hydrogen) atoms. The van der Waals surface area contributed by atoms with Crippen LogP contribution in [0.1, 0.15) is 10.4 Å². The van der Waals surface area contributed by atoms with Crippen molar-refractivity contribution in [1.82, 2.24) is 0 Å². The fraction of sp³-hybridized carbons (Fsp3) is 0.100. The number of hydrogen-bond donors (Lipinski definition) is 1. The first-order valence-electron chi connectivity index (χ1n) is 4.12. The Morgan fingerprint density at radius 1 is 1.47 bits per heavy atom. The molecule has 0 spiro atoms. The van der Waals surface area contributed by atoms with Crippen molar-refractivity contribution in [3.05, 3.63) is 28.4 Å². The average Bonchev–Trinajstić information content (AvgIpc) is 2.56. The highest BCUT2D eigenvalue weighted by molar-refractivity contribution is 9.10. The van der Waals surface area contributed by atoms with E-state index in [2.05, 4.69) is 15.9 Å². The first-order valence-corrected chi connectivity index (χ1v) is 4.91. The van der Waals surface area contributed by atoms with Gasteiger partial charge in [0.05, 0.1) is 18.1 Å². The molecule has 2 aromatic rings. The van der Waals surface area contributed by atoms with Crippen molar-refractivity contribution < 1.29 is 19.1 Å². The van der Waals surface area contributed by atoms with E-state index in [1.165, 1.54) is 19.2 Å². The Hall–Kier alpha value is -1.49. The van der Waals surface area contributed by atoms with E-state index in [1.54, 1.807) is 6.07 Å². The molecule has 1 aromatic heterocycles. The molecular formula is C10H7BrO4. The van der Waals surface area contributed by atoms with Gasteiger partial charge in [-0.05, 0) is 28.1 Å². The van der Waals surface area contributed by atoms with Crippen LogP contribution in [0, 0.1) is 0 Å². The Balaban J connectivity index is 2.76. The zero-order valence-corrected chi connectivity index (χ0v) is 9.37. The average molecular weight is 271 g/mol. The summed E-state index contributed by atoms with van der Waals surface area (Å²) in [6, 6.07) is 4.66. The second-order valence-corrected chi connectivity index (χ2v) is 3.73. The van der Waals surface area contributed by atoms with E-state index < -0.39 is 5.97 Å². The summed E-state index contributed by atoms with van der Waals surface area (Å²) in [5.74, 6) is -0.526. The molecule has 0 bridgehead atoms. The summed E-state index contributed by atoms with van der Waals surface area (Å²) in [6.07, 6.45) is 0. The van der Waals surface area contributed by atoms with Crippen LogP contribution in [0.5, 0.6) is 5.75 Å². The third-order valence-corrected chi connectivity index (χ3v) is 2.43. The summed E-state index contributed by atoms with van der Waals surface area (Å²) in [7, 11) is 1.49. The predicted octanol–water partition coefficient (Wildman–Crippen LogP) is 2.90. The molecule has 0 fully saturated rings. The maximum absolute atomic E-state index is 10.8. The van der Waals surface area contributed by atoms with Crippen molar-refractivity contribution in [3.8, 4) is 5.75 Å². The smallest absolute Gasteiger partial charge is 0.335 e. The Morgan fingerprint density at radius 2 is 2.20 bits per heavy atom. The van der Waals surface area contributed by atoms with Crippen LogP contribution >= 0.6 is 15.9 Å². The van der Waals surface area contributed by atoms with Gasteiger partial charge in [-0.15, -0.1) is 0 Å². The van der Waals surface area contributed by atoms with E-state index in [9.17, 15) is 4.79 Å². The van der Waals surface area contributed by atoms with Crippen molar-refractivity contribution in [2.24, 2.45) is 0 Å². The summed E-state index contributed by atoms with van der Waals surface area (Å²) in [6.45, 7) is 0. The third kappa shape index (κ3) is 1.70. The number of carboxylic acids is 1. The van der Waals surface area contributed by atoms with Crippen molar-refractivity contribution >= 4 is 32.9 Å². The summed E-state index contributed by atoms with van der Waals surface area (Å²) < 4.78 is 10.9. The standard InChI is InChI=1S/C10H7BrO4/c1-14-7-2-5(10(12)13)3-8-6(7)4-9(11)15-8/h2-4H,1H3,(H,12,13). The van der Waals surface area contributed by atoms with E-state index in [1.807, 2.05) is 0 Å². The fourth-order valence-corrected chi connectivity index (χ4v) is 1.77. The molecule has 78 valence electrons. The van der Waals surface area contributed by atoms with E-state index in [-0.39, 0.29) is 5.56 Å². The van der Waals surface area contributed by atoms with Crippen molar-refractivity contribution in [2.45, 2.75) is 0 Å². The van der Waals surface area contributed by atoms with Crippen LogP contribution in [0.15, 0.2) is 27.3 Å². The van der Waals surface area contributed by atoms with Crippen molar-refractivity contribution in [2.75, 3.05) is 7.11 Å². The molecule has 0 saturated heterocycles. The van der Waals surface area contributed by atoms with Gasteiger partial charge in [-0.3, -0.25) is 0 Å². The molecule has 0 atom stereocenters. The van der Waals surface area contributed by atoms with Gasteiger partial charge in [0.1, 0.15) is 11.3 Å². The minimum Gasteiger partial charge on any atom is -0.496 e. The molecule has 4 nitrogen and oxygen atoms in total. The monoisotopic (exact) mass is 270 g/mol. The first-order chi connectivity index (χ1) is 7.11. The topological polar surface area (TPSA) is 59.7 Å². The summed E-state index contributed by atoms with van der Waals surface area (Å²) >= 11 is 3.18. The molecule has 0 saturated carbocycles. The van der Waals surface area contributed by atoms with Gasteiger partial charge in [0.25, 0.3) is 0 Å². The largest absolute Gasteiger partial charge is 0.496 e. The van der Waals surface area contributed by atoms with E-state index >= 15 is 0 Å². The normalized spacial score (nSPS) is 10.5. The van der Waals surface area contributed by atoms with Crippen LogP contribution in [0.3, 0.4) is 0 Å². The number of ether oxygens (including phenoxy) is 1. The molecule has 0 amide bonds. The van der Waals surface area contributed by atoms with Crippen LogP contribution in [0.4, 0.5) is 0 Å². The van der Waals surface area contributed by atoms with Gasteiger partial charge in [-0.25, -0.2) is 4.79 Å². The van der Waals surface area contributed by atoms with Crippen LogP contribution < -0.4 is 4.74 Å². The minimum absolute atomic E-state index is 0.140. The van der Waals surface area contributed by atoms with Crippen molar-refractivity contribution in [3.63, 3.8) is 0 Å². The highest BCUT2D eigenvalue weighted by atomic mass is 79.9. The molecule has 0 radical (unpaired) electrons. The number of methoxy groups -OCH3 is 1. The lowest BCUT2D eigenvalue weighted by Gasteiger charge is -2.02. The van der Waals surface area contributed by atoms with Gasteiger partial charge in [-0.2, -0.15) is 0 Å². The number of furan rings is 1. The van der Waals surface area contributed by atoms with E-state index in [4.69, 9.17) is 14.3 Å². The van der Waals surface area contributed by atoms with E-state index in [0.29, 0.717) is 16.0 Å². The number of hydrogen-bond acceptors (Lipinski definition) is 3. The Morgan fingerprint density at radius 3 is 2.80 bits per heavy atom. The molecule has 1 aromatic carbocycles. The number of benzene rings is 1. The summed E-state index contributed by atoms with van der Waals surface area (Å²) in [5, 5.41) is 9.61. The molecule has 1 heterocycles. The quantitative estimate of drug-likeness (QED) is 0.912.